The van der Waals surface area contributed by atoms with Crippen LogP contribution in [0.25, 0.3) is 0 Å². The van der Waals surface area contributed by atoms with Gasteiger partial charge in [0.1, 0.15) is 17.5 Å². The van der Waals surface area contributed by atoms with Crippen LogP contribution in [0.2, 0.25) is 0 Å². The Balaban J connectivity index is 1.30. The zero-order chi connectivity index (χ0) is 24.4. The van der Waals surface area contributed by atoms with E-state index >= 15 is 0 Å². The Hall–Kier alpha value is -3.36. The molecule has 0 bridgehead atoms. The molecule has 6 nitrogen and oxygen atoms in total. The molecular weight excluding hydrogens is 447 g/mol. The van der Waals surface area contributed by atoms with Crippen LogP contribution in [0.5, 0.6) is 0 Å². The van der Waals surface area contributed by atoms with Gasteiger partial charge in [0.25, 0.3) is 5.91 Å². The fraction of sp³-hybridized carbons (Fsp3) is 0.400. The van der Waals surface area contributed by atoms with Crippen LogP contribution >= 0.6 is 0 Å². The summed E-state index contributed by atoms with van der Waals surface area (Å²) < 4.78 is 41.5. The van der Waals surface area contributed by atoms with Gasteiger partial charge in [0.2, 0.25) is 5.91 Å². The summed E-state index contributed by atoms with van der Waals surface area (Å²) in [4.78, 5) is 42.1. The number of hydrogen-bond acceptors (Lipinski definition) is 4. The number of anilines is 1. The van der Waals surface area contributed by atoms with E-state index in [1.54, 1.807) is 17.0 Å². The van der Waals surface area contributed by atoms with Gasteiger partial charge < -0.3 is 14.7 Å². The highest BCUT2D eigenvalue weighted by atomic mass is 19.1. The molecule has 2 heterocycles. The van der Waals surface area contributed by atoms with Crippen molar-refractivity contribution in [2.75, 3.05) is 44.2 Å². The topological polar surface area (TPSA) is 60.9 Å². The maximum absolute atomic E-state index is 14.5. The molecule has 2 aliphatic heterocycles. The van der Waals surface area contributed by atoms with Crippen LogP contribution in [0, 0.1) is 23.4 Å². The molecule has 2 amide bonds. The first kappa shape index (κ1) is 23.8. The molecule has 0 spiro atoms. The quantitative estimate of drug-likeness (QED) is 0.638. The number of ketones is 1. The second kappa shape index (κ2) is 9.87. The standard InChI is InChI=1S/C25H26F3N3O3/c1-16(32)18-2-5-23(22(28)14-18)29-10-12-31(13-11-29)24(33)17-6-8-30(9-7-17)25(34)20-4-3-19(26)15-21(20)27/h2-5,14-15,17H,6-13H2,1H3. The van der Waals surface area contributed by atoms with Crippen molar-refractivity contribution in [3.8, 4) is 0 Å². The number of piperazine rings is 1. The minimum absolute atomic E-state index is 0.00658. The largest absolute Gasteiger partial charge is 0.366 e. The molecule has 0 N–H and O–H groups in total. The number of carbonyl (C=O) groups is 3. The number of rotatable bonds is 4. The van der Waals surface area contributed by atoms with Gasteiger partial charge in [-0.3, -0.25) is 14.4 Å². The number of likely N-dealkylation sites (tertiary alicyclic amines) is 1. The molecule has 0 radical (unpaired) electrons. The van der Waals surface area contributed by atoms with Crippen molar-refractivity contribution < 1.29 is 27.6 Å². The van der Waals surface area contributed by atoms with Gasteiger partial charge in [0.05, 0.1) is 11.3 Å². The molecule has 180 valence electrons. The highest BCUT2D eigenvalue weighted by Crippen LogP contribution is 2.25. The normalized spacial score (nSPS) is 17.1. The van der Waals surface area contributed by atoms with Crippen LogP contribution in [-0.4, -0.2) is 66.7 Å². The second-order valence-corrected chi connectivity index (χ2v) is 8.73. The Morgan fingerprint density at radius 1 is 0.794 bits per heavy atom. The van der Waals surface area contributed by atoms with Gasteiger partial charge in [0, 0.05) is 56.8 Å². The van der Waals surface area contributed by atoms with Crippen LogP contribution in [-0.2, 0) is 4.79 Å². The number of piperidine rings is 1. The average Bonchev–Trinajstić information content (AvgIpc) is 2.83. The van der Waals surface area contributed by atoms with Gasteiger partial charge in [-0.1, -0.05) is 0 Å². The van der Waals surface area contributed by atoms with Crippen LogP contribution in [0.1, 0.15) is 40.5 Å². The van der Waals surface area contributed by atoms with Gasteiger partial charge in [-0.15, -0.1) is 0 Å². The first-order valence-corrected chi connectivity index (χ1v) is 11.3. The number of benzene rings is 2. The van der Waals surface area contributed by atoms with Crippen LogP contribution in [0.15, 0.2) is 36.4 Å². The van der Waals surface area contributed by atoms with Crippen LogP contribution in [0.4, 0.5) is 18.9 Å². The molecule has 2 aliphatic rings. The maximum atomic E-state index is 14.5. The summed E-state index contributed by atoms with van der Waals surface area (Å²) in [6, 6.07) is 7.32. The van der Waals surface area contributed by atoms with E-state index in [-0.39, 0.29) is 23.2 Å². The molecule has 0 aliphatic carbocycles. The Labute approximate surface area is 195 Å². The molecular formula is C25H26F3N3O3. The maximum Gasteiger partial charge on any atom is 0.256 e. The lowest BCUT2D eigenvalue weighted by atomic mass is 9.94. The van der Waals surface area contributed by atoms with Crippen molar-refractivity contribution in [1.82, 2.24) is 9.80 Å². The SMILES string of the molecule is CC(=O)c1ccc(N2CCN(C(=O)C3CCN(C(=O)c4ccc(F)cc4F)CC3)CC2)c(F)c1. The second-order valence-electron chi connectivity index (χ2n) is 8.73. The minimum atomic E-state index is -0.895. The Bertz CT molecular complexity index is 1110. The highest BCUT2D eigenvalue weighted by Gasteiger charge is 2.33. The first-order valence-electron chi connectivity index (χ1n) is 11.3. The lowest BCUT2D eigenvalue weighted by Gasteiger charge is -2.39. The van der Waals surface area contributed by atoms with Gasteiger partial charge in [0.15, 0.2) is 5.78 Å². The summed E-state index contributed by atoms with van der Waals surface area (Å²) in [6.45, 7) is 3.88. The Morgan fingerprint density at radius 2 is 1.47 bits per heavy atom. The fourth-order valence-electron chi connectivity index (χ4n) is 4.57. The van der Waals surface area contributed by atoms with Crippen LogP contribution < -0.4 is 4.90 Å². The number of halogens is 3. The fourth-order valence-corrected chi connectivity index (χ4v) is 4.57. The molecule has 0 atom stereocenters. The third-order valence-electron chi connectivity index (χ3n) is 6.58. The highest BCUT2D eigenvalue weighted by molar-refractivity contribution is 5.95. The van der Waals surface area contributed by atoms with E-state index in [0.717, 1.165) is 12.1 Å². The molecule has 0 aromatic heterocycles. The molecule has 9 heteroatoms. The summed E-state index contributed by atoms with van der Waals surface area (Å²) >= 11 is 0. The minimum Gasteiger partial charge on any atom is -0.366 e. The molecule has 2 aromatic rings. The monoisotopic (exact) mass is 473 g/mol. The van der Waals surface area contributed by atoms with E-state index in [0.29, 0.717) is 69.4 Å². The molecule has 2 saturated heterocycles. The number of carbonyl (C=O) groups excluding carboxylic acids is 3. The molecule has 2 aromatic carbocycles. The van der Waals surface area contributed by atoms with E-state index in [1.165, 1.54) is 17.9 Å². The number of hydrogen-bond donors (Lipinski definition) is 0. The zero-order valence-corrected chi connectivity index (χ0v) is 18.9. The predicted octanol–water partition coefficient (Wildman–Crippen LogP) is 3.51. The zero-order valence-electron chi connectivity index (χ0n) is 18.9. The van der Waals surface area contributed by atoms with Gasteiger partial charge in [-0.05, 0) is 50.1 Å². The van der Waals surface area contributed by atoms with E-state index in [2.05, 4.69) is 0 Å². The summed E-state index contributed by atoms with van der Waals surface area (Å²) in [7, 11) is 0. The van der Waals surface area contributed by atoms with Crippen molar-refractivity contribution in [3.63, 3.8) is 0 Å². The van der Waals surface area contributed by atoms with Crippen molar-refractivity contribution in [2.45, 2.75) is 19.8 Å². The number of amides is 2. The third-order valence-corrected chi connectivity index (χ3v) is 6.58. The summed E-state index contributed by atoms with van der Waals surface area (Å²) in [5, 5.41) is 0. The number of nitrogens with zero attached hydrogens (tertiary/aromatic N) is 3. The van der Waals surface area contributed by atoms with Gasteiger partial charge in [-0.2, -0.15) is 0 Å². The predicted molar refractivity (Wildman–Crippen MR) is 120 cm³/mol. The summed E-state index contributed by atoms with van der Waals surface area (Å²) in [5.74, 6) is -3.02. The third kappa shape index (κ3) is 4.93. The Morgan fingerprint density at radius 3 is 2.06 bits per heavy atom. The molecule has 0 unspecified atom stereocenters. The van der Waals surface area contributed by atoms with E-state index in [4.69, 9.17) is 0 Å². The summed E-state index contributed by atoms with van der Waals surface area (Å²) in [5.41, 5.74) is 0.560. The lowest BCUT2D eigenvalue weighted by Crippen LogP contribution is -2.52. The first-order chi connectivity index (χ1) is 16.2. The molecule has 34 heavy (non-hydrogen) atoms. The molecule has 2 fully saturated rings. The smallest absolute Gasteiger partial charge is 0.256 e. The average molecular weight is 473 g/mol. The van der Waals surface area contributed by atoms with Crippen molar-refractivity contribution in [3.05, 3.63) is 65.0 Å². The van der Waals surface area contributed by atoms with Crippen molar-refractivity contribution in [1.29, 1.82) is 0 Å². The number of Topliss-reactive ketones (excluding diaryl/α,β-unsaturated/α-hetero) is 1. The van der Waals surface area contributed by atoms with Crippen molar-refractivity contribution in [2.24, 2.45) is 5.92 Å². The molecule has 4 rings (SSSR count). The Kier molecular flexibility index (Phi) is 6.90. The van der Waals surface area contributed by atoms with E-state index in [1.807, 2.05) is 4.90 Å². The van der Waals surface area contributed by atoms with Crippen molar-refractivity contribution >= 4 is 23.3 Å². The van der Waals surface area contributed by atoms with E-state index < -0.39 is 23.4 Å². The summed E-state index contributed by atoms with van der Waals surface area (Å²) in [6.07, 6.45) is 0.934. The lowest BCUT2D eigenvalue weighted by molar-refractivity contribution is -0.137. The molecule has 0 saturated carbocycles. The van der Waals surface area contributed by atoms with Crippen LogP contribution in [0.3, 0.4) is 0 Å². The van der Waals surface area contributed by atoms with Gasteiger partial charge >= 0.3 is 0 Å². The van der Waals surface area contributed by atoms with E-state index in [9.17, 15) is 27.6 Å². The van der Waals surface area contributed by atoms with Gasteiger partial charge in [-0.25, -0.2) is 13.2 Å².